The number of amides is 2. The van der Waals surface area contributed by atoms with Crippen LogP contribution in [0.5, 0.6) is 28.9 Å². The molecule has 1 N–H and O–H groups in total. The van der Waals surface area contributed by atoms with Crippen LogP contribution in [-0.2, 0) is 4.79 Å². The van der Waals surface area contributed by atoms with Gasteiger partial charge >= 0.3 is 0 Å². The first-order valence-electron chi connectivity index (χ1n) is 9.46. The Balaban J connectivity index is 1.29. The predicted molar refractivity (Wildman–Crippen MR) is 110 cm³/mol. The molecule has 31 heavy (non-hydrogen) atoms. The van der Waals surface area contributed by atoms with E-state index in [-0.39, 0.29) is 25.2 Å². The minimum atomic E-state index is -0.377. The molecular formula is C22H17N3O6. The number of ether oxygens (including phenoxy) is 4. The second-order valence-corrected chi connectivity index (χ2v) is 6.86. The fourth-order valence-corrected chi connectivity index (χ4v) is 3.29. The summed E-state index contributed by atoms with van der Waals surface area (Å²) in [6, 6.07) is 13.4. The van der Waals surface area contributed by atoms with Crippen LogP contribution in [0.15, 0.2) is 54.7 Å². The van der Waals surface area contributed by atoms with Crippen LogP contribution < -0.4 is 29.2 Å². The van der Waals surface area contributed by atoms with Gasteiger partial charge < -0.3 is 29.2 Å². The maximum Gasteiger partial charge on any atom is 0.262 e. The number of rotatable bonds is 4. The van der Waals surface area contributed by atoms with Crippen LogP contribution in [0.1, 0.15) is 10.4 Å². The fraction of sp³-hybridized carbons (Fsp3) is 0.136. The van der Waals surface area contributed by atoms with E-state index in [2.05, 4.69) is 10.3 Å². The molecule has 0 aliphatic carbocycles. The van der Waals surface area contributed by atoms with E-state index >= 15 is 0 Å². The van der Waals surface area contributed by atoms with Crippen molar-refractivity contribution >= 4 is 23.2 Å². The summed E-state index contributed by atoms with van der Waals surface area (Å²) in [4.78, 5) is 30.9. The normalized spacial score (nSPS) is 13.6. The number of anilines is 2. The summed E-state index contributed by atoms with van der Waals surface area (Å²) >= 11 is 0. The fourth-order valence-electron chi connectivity index (χ4n) is 3.29. The molecule has 3 aromatic rings. The van der Waals surface area contributed by atoms with E-state index in [1.165, 1.54) is 4.90 Å². The lowest BCUT2D eigenvalue weighted by atomic mass is 10.1. The number of nitrogens with one attached hydrogen (secondary N) is 1. The molecule has 0 radical (unpaired) electrons. The second-order valence-electron chi connectivity index (χ2n) is 6.86. The van der Waals surface area contributed by atoms with Gasteiger partial charge in [-0.15, -0.1) is 0 Å². The number of aromatic nitrogens is 1. The minimum absolute atomic E-state index is 0.163. The first kappa shape index (κ1) is 18.7. The number of carbonyl (C=O) groups is 2. The molecule has 0 unspecified atom stereocenters. The number of hydrogen-bond donors (Lipinski definition) is 1. The summed E-state index contributed by atoms with van der Waals surface area (Å²) in [6.45, 7) is -0.0488. The van der Waals surface area contributed by atoms with Gasteiger partial charge in [0.1, 0.15) is 17.2 Å². The Morgan fingerprint density at radius 1 is 1.13 bits per heavy atom. The van der Waals surface area contributed by atoms with Crippen molar-refractivity contribution in [2.45, 2.75) is 0 Å². The SMILES string of the molecule is CN1C(=O)c2cc(NC(=O)COc3ccc4c(c3)OCO4)ccc2Oc2ncccc21. The third-order valence-electron chi connectivity index (χ3n) is 4.83. The lowest BCUT2D eigenvalue weighted by Gasteiger charge is -2.15. The van der Waals surface area contributed by atoms with Crippen LogP contribution in [0.3, 0.4) is 0 Å². The van der Waals surface area contributed by atoms with Crippen LogP contribution >= 0.6 is 0 Å². The second kappa shape index (κ2) is 7.52. The predicted octanol–water partition coefficient (Wildman–Crippen LogP) is 3.21. The highest BCUT2D eigenvalue weighted by Crippen LogP contribution is 2.37. The lowest BCUT2D eigenvalue weighted by Crippen LogP contribution is -2.25. The van der Waals surface area contributed by atoms with E-state index in [0.717, 1.165) is 0 Å². The summed E-state index contributed by atoms with van der Waals surface area (Å²) in [5.74, 6) is 1.75. The van der Waals surface area contributed by atoms with Crippen LogP contribution in [0.4, 0.5) is 11.4 Å². The minimum Gasteiger partial charge on any atom is -0.484 e. The Labute approximate surface area is 177 Å². The molecule has 0 fully saturated rings. The van der Waals surface area contributed by atoms with Crippen LogP contribution in [0, 0.1) is 0 Å². The van der Waals surface area contributed by atoms with Gasteiger partial charge in [0.05, 0.1) is 5.56 Å². The highest BCUT2D eigenvalue weighted by molar-refractivity contribution is 6.10. The maximum atomic E-state index is 12.9. The van der Waals surface area contributed by atoms with E-state index in [4.69, 9.17) is 18.9 Å². The molecule has 1 aromatic heterocycles. The number of hydrogen-bond acceptors (Lipinski definition) is 7. The van der Waals surface area contributed by atoms with Crippen molar-refractivity contribution < 1.29 is 28.5 Å². The van der Waals surface area contributed by atoms with Crippen molar-refractivity contribution in [1.82, 2.24) is 4.98 Å². The molecule has 0 bridgehead atoms. The molecular weight excluding hydrogens is 402 g/mol. The molecule has 2 aliphatic heterocycles. The Bertz CT molecular complexity index is 1200. The van der Waals surface area contributed by atoms with E-state index in [1.807, 2.05) is 0 Å². The maximum absolute atomic E-state index is 12.9. The number of carbonyl (C=O) groups excluding carboxylic acids is 2. The summed E-state index contributed by atoms with van der Waals surface area (Å²) in [6.07, 6.45) is 1.59. The number of fused-ring (bicyclic) bond motifs is 3. The van der Waals surface area contributed by atoms with Crippen LogP contribution in [0.2, 0.25) is 0 Å². The third kappa shape index (κ3) is 3.57. The van der Waals surface area contributed by atoms with Crippen molar-refractivity contribution in [2.75, 3.05) is 30.7 Å². The van der Waals surface area contributed by atoms with Crippen LogP contribution in [0.25, 0.3) is 0 Å². The number of nitrogens with zero attached hydrogens (tertiary/aromatic N) is 2. The lowest BCUT2D eigenvalue weighted by molar-refractivity contribution is -0.118. The van der Waals surface area contributed by atoms with Crippen molar-refractivity contribution in [3.05, 3.63) is 60.3 Å². The van der Waals surface area contributed by atoms with E-state index in [0.29, 0.717) is 45.8 Å². The standard InChI is InChI=1S/C22H17N3O6/c1-25-16-3-2-8-23-21(16)31-17-6-4-13(9-15(17)22(25)27)24-20(26)11-28-14-5-7-18-19(10-14)30-12-29-18/h2-10H,11-12H2,1H3,(H,24,26). The molecule has 2 amide bonds. The zero-order valence-electron chi connectivity index (χ0n) is 16.5. The van der Waals surface area contributed by atoms with Crippen molar-refractivity contribution in [1.29, 1.82) is 0 Å². The molecule has 9 nitrogen and oxygen atoms in total. The molecule has 0 saturated carbocycles. The molecule has 9 heteroatoms. The average Bonchev–Trinajstić information content (AvgIpc) is 3.22. The van der Waals surface area contributed by atoms with Crippen molar-refractivity contribution in [3.8, 4) is 28.9 Å². The summed E-state index contributed by atoms with van der Waals surface area (Å²) < 4.78 is 21.9. The van der Waals surface area contributed by atoms with Gasteiger partial charge in [0.2, 0.25) is 12.7 Å². The Kier molecular flexibility index (Phi) is 4.55. The highest BCUT2D eigenvalue weighted by Gasteiger charge is 2.26. The zero-order valence-corrected chi connectivity index (χ0v) is 16.5. The van der Waals surface area contributed by atoms with E-state index < -0.39 is 0 Å². The van der Waals surface area contributed by atoms with E-state index in [9.17, 15) is 9.59 Å². The van der Waals surface area contributed by atoms with Gasteiger partial charge in [-0.2, -0.15) is 0 Å². The number of pyridine rings is 1. The Hall–Kier alpha value is -4.27. The quantitative estimate of drug-likeness (QED) is 0.693. The summed E-state index contributed by atoms with van der Waals surface area (Å²) in [7, 11) is 1.64. The van der Waals surface area contributed by atoms with Crippen molar-refractivity contribution in [3.63, 3.8) is 0 Å². The molecule has 0 spiro atoms. The van der Waals surface area contributed by atoms with Gasteiger partial charge in [0.25, 0.3) is 11.8 Å². The molecule has 156 valence electrons. The molecule has 5 rings (SSSR count). The first-order chi connectivity index (χ1) is 15.1. The van der Waals surface area contributed by atoms with Gasteiger partial charge in [0, 0.05) is 25.0 Å². The van der Waals surface area contributed by atoms with E-state index in [1.54, 1.807) is 61.8 Å². The Morgan fingerprint density at radius 3 is 2.87 bits per heavy atom. The monoisotopic (exact) mass is 419 g/mol. The smallest absolute Gasteiger partial charge is 0.262 e. The Morgan fingerprint density at radius 2 is 1.97 bits per heavy atom. The van der Waals surface area contributed by atoms with Gasteiger partial charge in [0.15, 0.2) is 18.1 Å². The molecule has 0 saturated heterocycles. The summed E-state index contributed by atoms with van der Waals surface area (Å²) in [5.41, 5.74) is 1.32. The molecule has 2 aliphatic rings. The van der Waals surface area contributed by atoms with Gasteiger partial charge in [-0.25, -0.2) is 4.98 Å². The van der Waals surface area contributed by atoms with Gasteiger partial charge in [-0.3, -0.25) is 9.59 Å². The molecule has 0 atom stereocenters. The van der Waals surface area contributed by atoms with Gasteiger partial charge in [-0.1, -0.05) is 0 Å². The molecule has 3 heterocycles. The van der Waals surface area contributed by atoms with Crippen LogP contribution in [-0.4, -0.2) is 37.2 Å². The average molecular weight is 419 g/mol. The highest BCUT2D eigenvalue weighted by atomic mass is 16.7. The van der Waals surface area contributed by atoms with Crippen molar-refractivity contribution in [2.24, 2.45) is 0 Å². The molecule has 2 aromatic carbocycles. The largest absolute Gasteiger partial charge is 0.484 e. The summed E-state index contributed by atoms with van der Waals surface area (Å²) in [5, 5.41) is 2.73. The third-order valence-corrected chi connectivity index (χ3v) is 4.83. The zero-order chi connectivity index (χ0) is 21.4. The first-order valence-corrected chi connectivity index (χ1v) is 9.46. The van der Waals surface area contributed by atoms with Gasteiger partial charge in [-0.05, 0) is 42.5 Å². The number of benzene rings is 2. The topological polar surface area (TPSA) is 99.2 Å².